The average Bonchev–Trinajstić information content (AvgIpc) is 1.59. The van der Waals surface area contributed by atoms with E-state index in [4.69, 9.17) is 0 Å². The summed E-state index contributed by atoms with van der Waals surface area (Å²) in [6, 6.07) is 40.2. The van der Waals surface area contributed by atoms with Crippen molar-refractivity contribution in [2.45, 2.75) is 350 Å². The first kappa shape index (κ1) is 94.4. The van der Waals surface area contributed by atoms with E-state index >= 15 is 0 Å². The van der Waals surface area contributed by atoms with Crippen molar-refractivity contribution in [3.05, 3.63) is 190 Å². The molecule has 9 atom stereocenters. The minimum absolute atomic E-state index is 0.253. The Morgan fingerprint density at radius 1 is 0.286 bits per heavy atom. The normalized spacial score (nSPS) is 20.5. The first-order chi connectivity index (χ1) is 60.2. The number of fused-ring (bicyclic) bond motifs is 16. The molecule has 0 radical (unpaired) electrons. The molecule has 19 heteroatoms. The molecule has 9 heterocycles. The van der Waals surface area contributed by atoms with Crippen molar-refractivity contribution in [3.63, 3.8) is 0 Å². The van der Waals surface area contributed by atoms with E-state index in [2.05, 4.69) is 405 Å². The number of hydrogen-bond donors (Lipinski definition) is 0. The quantitative estimate of drug-likeness (QED) is 0.101. The Kier molecular flexibility index (Phi) is 30.7. The average molecular weight is 1710 g/mol. The maximum Gasteiger partial charge on any atom is 0.123 e. The first-order valence-corrected chi connectivity index (χ1v) is 49.1. The van der Waals surface area contributed by atoms with Gasteiger partial charge in [-0.15, -0.1) is 15.3 Å². The van der Waals surface area contributed by atoms with Crippen LogP contribution in [-0.4, -0.2) is 96.2 Å². The summed E-state index contributed by atoms with van der Waals surface area (Å²) < 4.78 is 14.8. The van der Waals surface area contributed by atoms with Crippen LogP contribution in [0.25, 0.3) is 45.0 Å². The van der Waals surface area contributed by atoms with Crippen molar-refractivity contribution in [3.8, 4) is 45.0 Å². The van der Waals surface area contributed by atoms with Crippen molar-refractivity contribution in [2.24, 2.45) is 71.0 Å². The standard InChI is InChI=1S/2C21H24N4.3C16H26N2.C9H16N2.C8H15N3/c1-14(2)24-13-16-9-5-6-10-17(16)21-20(22-23-25(21)15(3)4)18-11-7-8-12-19(18)24;1-14(2)24-13-16-9-5-6-10-17(16)20-21(25(15(3)4)23-22-20)18-11-7-8-12-19(18)24;3*1-10(2)16-13-6-5-12-9-17-18(11(3)4)15(12)8-7-14(13)16;1-7(2)9-5-6-10-11(9)8(3)4;1-6(2)8-5-11(7(3)4)10-9-8/h2*5-12,14-15H,13H2,1-4H3;3*9-11,13-14,16H,5-8H2,1-4H3;5-8H,1-4H3;5-7H,1-4H3/t;;2*13?,14?,16-;;;/m..10.../s1. The van der Waals surface area contributed by atoms with Crippen LogP contribution in [0, 0.1) is 71.0 Å². The molecular formula is C107H157N19. The summed E-state index contributed by atoms with van der Waals surface area (Å²) in [6.45, 7) is 64.3. The molecule has 3 saturated carbocycles. The van der Waals surface area contributed by atoms with Gasteiger partial charge in [-0.3, -0.25) is 18.7 Å². The molecule has 0 spiro atoms. The van der Waals surface area contributed by atoms with Crippen LogP contribution < -0.4 is 9.80 Å². The second kappa shape index (κ2) is 41.0. The summed E-state index contributed by atoms with van der Waals surface area (Å²) >= 11 is 0. The van der Waals surface area contributed by atoms with Crippen LogP contribution >= 0.6 is 0 Å². The molecule has 680 valence electrons. The van der Waals surface area contributed by atoms with Gasteiger partial charge >= 0.3 is 0 Å². The fourth-order valence-corrected chi connectivity index (χ4v) is 22.0. The van der Waals surface area contributed by atoms with Gasteiger partial charge in [0.2, 0.25) is 0 Å². The second-order valence-electron chi connectivity index (χ2n) is 41.9. The van der Waals surface area contributed by atoms with Gasteiger partial charge in [0.15, 0.2) is 0 Å². The Bertz CT molecular complexity index is 5060. The van der Waals surface area contributed by atoms with Crippen molar-refractivity contribution in [1.29, 1.82) is 0 Å². The zero-order valence-corrected chi connectivity index (χ0v) is 82.4. The van der Waals surface area contributed by atoms with E-state index < -0.39 is 0 Å². The van der Waals surface area contributed by atoms with Crippen LogP contribution in [0.5, 0.6) is 0 Å². The van der Waals surface area contributed by atoms with Crippen molar-refractivity contribution in [1.82, 2.24) is 84.1 Å². The van der Waals surface area contributed by atoms with Gasteiger partial charge in [-0.1, -0.05) is 170 Å². The zero-order valence-electron chi connectivity index (χ0n) is 82.4. The minimum atomic E-state index is 0.253. The van der Waals surface area contributed by atoms with Crippen molar-refractivity contribution < 1.29 is 0 Å². The van der Waals surface area contributed by atoms with E-state index in [1.165, 1.54) is 156 Å². The van der Waals surface area contributed by atoms with Gasteiger partial charge in [0, 0.05) is 136 Å². The maximum absolute atomic E-state index is 4.60. The SMILES string of the molecule is CC(C)C1C2CCc3cnn(C(C)C)c3CCC21.CC(C)N1Cc2ccccc2-c2c(nnn2C(C)C)-c2ccccc21.CC(C)N1Cc2ccccc2-c2nnn(C(C)C)c2-c2ccccc21.CC(C)[C@@H]1C2CCc3cnn(C(C)C)c3CCC21.CC(C)[C@H]1C2CCc3cnn(C(C)C)c3CCC21.CC(C)c1ccnn1C(C)C.CC(C)c1cn(C(C)C)nn1. The largest absolute Gasteiger partial charge is 0.364 e. The van der Waals surface area contributed by atoms with Gasteiger partial charge in [0.05, 0.1) is 35.7 Å². The van der Waals surface area contributed by atoms with Crippen LogP contribution in [-0.2, 0) is 51.6 Å². The van der Waals surface area contributed by atoms with Crippen LogP contribution in [0.1, 0.15) is 343 Å². The third kappa shape index (κ3) is 20.9. The molecule has 3 fully saturated rings. The second-order valence-corrected chi connectivity index (χ2v) is 41.9. The summed E-state index contributed by atoms with van der Waals surface area (Å²) in [5, 5.41) is 44.3. The third-order valence-electron chi connectivity index (χ3n) is 28.5. The lowest BCUT2D eigenvalue weighted by Gasteiger charge is -2.33. The summed E-state index contributed by atoms with van der Waals surface area (Å²) in [7, 11) is 0. The van der Waals surface area contributed by atoms with E-state index in [9.17, 15) is 0 Å². The van der Waals surface area contributed by atoms with Gasteiger partial charge in [-0.25, -0.2) is 14.0 Å². The third-order valence-corrected chi connectivity index (χ3v) is 28.5. The molecule has 7 unspecified atom stereocenters. The number of para-hydroxylation sites is 2. The molecule has 2 aliphatic heterocycles. The topological polar surface area (TPSA) is 170 Å². The van der Waals surface area contributed by atoms with Crippen LogP contribution in [0.15, 0.2) is 134 Å². The Hall–Kier alpha value is -9.26. The first-order valence-electron chi connectivity index (χ1n) is 49.1. The molecule has 19 rings (SSSR count). The summed E-state index contributed by atoms with van der Waals surface area (Å²) in [4.78, 5) is 4.92. The van der Waals surface area contributed by atoms with Crippen molar-refractivity contribution >= 4 is 11.4 Å². The number of benzene rings is 4. The van der Waals surface area contributed by atoms with E-state index in [-0.39, 0.29) is 12.1 Å². The number of aryl methyl sites for hydroxylation is 3. The molecule has 7 aromatic heterocycles. The van der Waals surface area contributed by atoms with Gasteiger partial charge in [0.1, 0.15) is 11.4 Å². The minimum Gasteiger partial charge on any atom is -0.364 e. The van der Waals surface area contributed by atoms with E-state index in [1.54, 1.807) is 0 Å². The molecule has 8 aliphatic rings. The molecule has 0 saturated heterocycles. The highest BCUT2D eigenvalue weighted by atomic mass is 15.5. The Morgan fingerprint density at radius 2 is 0.627 bits per heavy atom. The molecule has 0 amide bonds. The summed E-state index contributed by atoms with van der Waals surface area (Å²) in [5.74, 6) is 12.8. The molecule has 0 bridgehead atoms. The molecule has 126 heavy (non-hydrogen) atoms. The molecular weight excluding hydrogens is 1550 g/mol. The van der Waals surface area contributed by atoms with Gasteiger partial charge in [0.25, 0.3) is 0 Å². The summed E-state index contributed by atoms with van der Waals surface area (Å²) in [5.41, 5.74) is 25.6. The highest BCUT2D eigenvalue weighted by molar-refractivity contribution is 5.89. The van der Waals surface area contributed by atoms with Crippen LogP contribution in [0.4, 0.5) is 11.4 Å². The smallest absolute Gasteiger partial charge is 0.123 e. The van der Waals surface area contributed by atoms with Gasteiger partial charge in [-0.2, -0.15) is 20.4 Å². The van der Waals surface area contributed by atoms with Gasteiger partial charge < -0.3 is 9.80 Å². The number of anilines is 2. The molecule has 11 aromatic rings. The molecule has 19 nitrogen and oxygen atoms in total. The van der Waals surface area contributed by atoms with Crippen LogP contribution in [0.2, 0.25) is 0 Å². The van der Waals surface area contributed by atoms with E-state index in [0.717, 1.165) is 118 Å². The van der Waals surface area contributed by atoms with Crippen LogP contribution in [0.3, 0.4) is 0 Å². The predicted molar refractivity (Wildman–Crippen MR) is 520 cm³/mol. The number of nitrogens with zero attached hydrogens (tertiary/aromatic N) is 19. The number of rotatable bonds is 14. The molecule has 6 aliphatic carbocycles. The molecule has 0 N–H and O–H groups in total. The number of aromatic nitrogens is 17. The zero-order chi connectivity index (χ0) is 90.5. The number of hydrogen-bond acceptors (Lipinski definition) is 12. The Morgan fingerprint density at radius 3 is 0.976 bits per heavy atom. The van der Waals surface area contributed by atoms with Gasteiger partial charge in [-0.05, 0) is 331 Å². The highest BCUT2D eigenvalue weighted by Gasteiger charge is 2.53. The van der Waals surface area contributed by atoms with E-state index in [1.807, 2.05) is 17.1 Å². The fourth-order valence-electron chi connectivity index (χ4n) is 22.0. The fraction of sp³-hybridized carbons (Fsp3) is 0.607. The lowest BCUT2D eigenvalue weighted by Crippen LogP contribution is -2.31. The lowest BCUT2D eigenvalue weighted by molar-refractivity contribution is 0.478. The Balaban J connectivity index is 0.000000128. The predicted octanol–water partition coefficient (Wildman–Crippen LogP) is 26.0. The maximum atomic E-state index is 4.60. The lowest BCUT2D eigenvalue weighted by atomic mass is 9.95. The highest BCUT2D eigenvalue weighted by Crippen LogP contribution is 2.59. The summed E-state index contributed by atoms with van der Waals surface area (Å²) in [6.07, 6.45) is 26.1. The monoisotopic (exact) mass is 1710 g/mol. The molecule has 4 aromatic carbocycles. The van der Waals surface area contributed by atoms with E-state index in [0.29, 0.717) is 54.1 Å². The van der Waals surface area contributed by atoms with Crippen molar-refractivity contribution in [2.75, 3.05) is 9.80 Å². The Labute approximate surface area is 757 Å².